The van der Waals surface area contributed by atoms with Gasteiger partial charge in [-0.3, -0.25) is 0 Å². The van der Waals surface area contributed by atoms with Gasteiger partial charge in [0, 0.05) is 4.47 Å². The molecular weight excluding hydrogens is 269 g/mol. The fourth-order valence-corrected chi connectivity index (χ4v) is 1.28. The van der Waals surface area contributed by atoms with Crippen molar-refractivity contribution < 1.29 is 4.79 Å². The van der Waals surface area contributed by atoms with Crippen molar-refractivity contribution in [1.29, 1.82) is 0 Å². The molecule has 0 heterocycles. The normalized spacial score (nSPS) is 10.4. The zero-order chi connectivity index (χ0) is 10.6. The Labute approximate surface area is 94.2 Å². The van der Waals surface area contributed by atoms with Gasteiger partial charge in [0.25, 0.3) is 0 Å². The third kappa shape index (κ3) is 3.35. The predicted octanol–water partition coefficient (Wildman–Crippen LogP) is 2.10. The lowest BCUT2D eigenvalue weighted by Gasteiger charge is -1.97. The predicted molar refractivity (Wildman–Crippen MR) is 59.5 cm³/mol. The van der Waals surface area contributed by atoms with E-state index in [1.165, 1.54) is 6.21 Å². The average Bonchev–Trinajstić information content (AvgIpc) is 2.10. The lowest BCUT2D eigenvalue weighted by atomic mass is 10.2. The number of carbonyl (C=O) groups is 1. The van der Waals surface area contributed by atoms with E-state index in [-0.39, 0.29) is 0 Å². The van der Waals surface area contributed by atoms with Crippen molar-refractivity contribution in [1.82, 2.24) is 5.43 Å². The molecule has 0 aliphatic heterocycles. The van der Waals surface area contributed by atoms with Gasteiger partial charge in [-0.15, -0.1) is 0 Å². The molecule has 0 spiro atoms. The molecular formula is C8H7BrClN3O. The number of nitrogens with zero attached hydrogens (tertiary/aromatic N) is 1. The topological polar surface area (TPSA) is 67.5 Å². The number of halogens is 2. The first-order chi connectivity index (χ1) is 6.59. The van der Waals surface area contributed by atoms with E-state index < -0.39 is 6.03 Å². The zero-order valence-corrected chi connectivity index (χ0v) is 9.34. The number of primary amides is 1. The minimum absolute atomic E-state index is 0.616. The quantitative estimate of drug-likeness (QED) is 0.630. The molecule has 1 aromatic rings. The molecule has 6 heteroatoms. The second-order valence-electron chi connectivity index (χ2n) is 2.41. The van der Waals surface area contributed by atoms with Crippen LogP contribution in [0.2, 0.25) is 5.02 Å². The largest absolute Gasteiger partial charge is 0.350 e. The number of hydrazone groups is 1. The number of hydrogen-bond donors (Lipinski definition) is 2. The summed E-state index contributed by atoms with van der Waals surface area (Å²) >= 11 is 9.05. The summed E-state index contributed by atoms with van der Waals surface area (Å²) in [6, 6.07) is 4.56. The van der Waals surface area contributed by atoms with Gasteiger partial charge in [-0.25, -0.2) is 10.2 Å². The molecule has 0 fully saturated rings. The molecule has 0 aromatic heterocycles. The Bertz CT molecular complexity index is 381. The highest BCUT2D eigenvalue weighted by molar-refractivity contribution is 9.10. The number of nitrogens with one attached hydrogen (secondary N) is 1. The first kappa shape index (κ1) is 11.0. The van der Waals surface area contributed by atoms with Crippen LogP contribution in [0.15, 0.2) is 27.8 Å². The number of urea groups is 1. The number of benzene rings is 1. The summed E-state index contributed by atoms with van der Waals surface area (Å²) in [6.07, 6.45) is 1.46. The molecule has 74 valence electrons. The number of amides is 2. The second-order valence-corrected chi connectivity index (χ2v) is 3.67. The van der Waals surface area contributed by atoms with Crippen LogP contribution in [0.4, 0.5) is 4.79 Å². The Morgan fingerprint density at radius 2 is 2.36 bits per heavy atom. The minimum Gasteiger partial charge on any atom is -0.350 e. The summed E-state index contributed by atoms with van der Waals surface area (Å²) < 4.78 is 0.766. The molecule has 0 bridgehead atoms. The average molecular weight is 277 g/mol. The molecule has 0 atom stereocenters. The lowest BCUT2D eigenvalue weighted by Crippen LogP contribution is -2.24. The standard InChI is InChI=1S/C8H7BrClN3O/c9-6-3-5(1-2-7(6)10)4-12-13-8(11)14/h1-4H,(H3,11,13,14)/b12-4+. The van der Waals surface area contributed by atoms with Gasteiger partial charge < -0.3 is 5.73 Å². The summed E-state index contributed by atoms with van der Waals surface area (Å²) in [5.74, 6) is 0. The third-order valence-electron chi connectivity index (χ3n) is 1.33. The molecule has 3 N–H and O–H groups in total. The van der Waals surface area contributed by atoms with Crippen LogP contribution in [-0.2, 0) is 0 Å². The van der Waals surface area contributed by atoms with Gasteiger partial charge >= 0.3 is 6.03 Å². The summed E-state index contributed by atoms with van der Waals surface area (Å²) in [5, 5.41) is 4.21. The van der Waals surface area contributed by atoms with Gasteiger partial charge in [0.1, 0.15) is 0 Å². The maximum atomic E-state index is 10.3. The number of rotatable bonds is 2. The van der Waals surface area contributed by atoms with Crippen LogP contribution in [0.3, 0.4) is 0 Å². The smallest absolute Gasteiger partial charge is 0.332 e. The fourth-order valence-electron chi connectivity index (χ4n) is 0.763. The molecule has 0 radical (unpaired) electrons. The van der Waals surface area contributed by atoms with Crippen LogP contribution in [-0.4, -0.2) is 12.2 Å². The van der Waals surface area contributed by atoms with Crippen LogP contribution in [0, 0.1) is 0 Å². The van der Waals surface area contributed by atoms with Gasteiger partial charge in [-0.1, -0.05) is 17.7 Å². The SMILES string of the molecule is NC(=O)N/N=C/c1ccc(Cl)c(Br)c1. The summed E-state index contributed by atoms with van der Waals surface area (Å²) in [5.41, 5.74) is 7.71. The first-order valence-corrected chi connectivity index (χ1v) is 4.80. The highest BCUT2D eigenvalue weighted by atomic mass is 79.9. The van der Waals surface area contributed by atoms with Crippen molar-refractivity contribution in [3.63, 3.8) is 0 Å². The molecule has 14 heavy (non-hydrogen) atoms. The van der Waals surface area contributed by atoms with Gasteiger partial charge in [-0.2, -0.15) is 5.10 Å². The Morgan fingerprint density at radius 3 is 2.93 bits per heavy atom. The molecule has 0 saturated carbocycles. The first-order valence-electron chi connectivity index (χ1n) is 3.63. The van der Waals surface area contributed by atoms with E-state index in [2.05, 4.69) is 26.5 Å². The van der Waals surface area contributed by atoms with Crippen LogP contribution < -0.4 is 11.2 Å². The van der Waals surface area contributed by atoms with E-state index >= 15 is 0 Å². The maximum absolute atomic E-state index is 10.3. The molecule has 0 saturated heterocycles. The fraction of sp³-hybridized carbons (Fsp3) is 0. The van der Waals surface area contributed by atoms with Crippen LogP contribution in [0.1, 0.15) is 5.56 Å². The van der Waals surface area contributed by atoms with Gasteiger partial charge in [0.2, 0.25) is 0 Å². The van der Waals surface area contributed by atoms with Gasteiger partial charge in [0.05, 0.1) is 11.2 Å². The summed E-state index contributed by atoms with van der Waals surface area (Å²) in [7, 11) is 0. The van der Waals surface area contributed by atoms with E-state index in [0.717, 1.165) is 10.0 Å². The molecule has 0 unspecified atom stereocenters. The number of nitrogens with two attached hydrogens (primary N) is 1. The van der Waals surface area contributed by atoms with Crippen molar-refractivity contribution in [2.24, 2.45) is 10.8 Å². The maximum Gasteiger partial charge on any atom is 0.332 e. The van der Waals surface area contributed by atoms with Crippen molar-refractivity contribution in [2.75, 3.05) is 0 Å². The minimum atomic E-state index is -0.700. The van der Waals surface area contributed by atoms with E-state index in [9.17, 15) is 4.79 Å². The zero-order valence-electron chi connectivity index (χ0n) is 7.00. The van der Waals surface area contributed by atoms with Crippen molar-refractivity contribution in [3.05, 3.63) is 33.3 Å². The summed E-state index contributed by atoms with van der Waals surface area (Å²) in [4.78, 5) is 10.3. The molecule has 2 amide bonds. The lowest BCUT2D eigenvalue weighted by molar-refractivity contribution is 0.249. The van der Waals surface area contributed by atoms with Crippen LogP contribution >= 0.6 is 27.5 Å². The summed E-state index contributed by atoms with van der Waals surface area (Å²) in [6.45, 7) is 0. The Hall–Kier alpha value is -1.07. The molecule has 1 rings (SSSR count). The van der Waals surface area contributed by atoms with Crippen molar-refractivity contribution in [3.8, 4) is 0 Å². The van der Waals surface area contributed by atoms with Crippen molar-refractivity contribution >= 4 is 39.8 Å². The highest BCUT2D eigenvalue weighted by Crippen LogP contribution is 2.22. The van der Waals surface area contributed by atoms with E-state index in [4.69, 9.17) is 17.3 Å². The van der Waals surface area contributed by atoms with Crippen molar-refractivity contribution in [2.45, 2.75) is 0 Å². The monoisotopic (exact) mass is 275 g/mol. The Kier molecular flexibility index (Phi) is 3.91. The highest BCUT2D eigenvalue weighted by Gasteiger charge is 1.96. The Balaban J connectivity index is 2.73. The third-order valence-corrected chi connectivity index (χ3v) is 2.55. The van der Waals surface area contributed by atoms with E-state index in [1.807, 2.05) is 0 Å². The molecule has 0 aliphatic rings. The van der Waals surface area contributed by atoms with E-state index in [1.54, 1.807) is 18.2 Å². The second kappa shape index (κ2) is 4.97. The van der Waals surface area contributed by atoms with E-state index in [0.29, 0.717) is 5.02 Å². The van der Waals surface area contributed by atoms with Crippen LogP contribution in [0.5, 0.6) is 0 Å². The number of carbonyl (C=O) groups excluding carboxylic acids is 1. The van der Waals surface area contributed by atoms with Gasteiger partial charge in [0.15, 0.2) is 0 Å². The number of hydrogen-bond acceptors (Lipinski definition) is 2. The molecule has 0 aliphatic carbocycles. The van der Waals surface area contributed by atoms with Crippen LogP contribution in [0.25, 0.3) is 0 Å². The Morgan fingerprint density at radius 1 is 1.64 bits per heavy atom. The molecule has 4 nitrogen and oxygen atoms in total. The van der Waals surface area contributed by atoms with Gasteiger partial charge in [-0.05, 0) is 33.6 Å². The molecule has 1 aromatic carbocycles.